The highest BCUT2D eigenvalue weighted by molar-refractivity contribution is 5.98. The molecule has 0 aliphatic carbocycles. The summed E-state index contributed by atoms with van der Waals surface area (Å²) >= 11 is 0. The molecule has 0 aromatic heterocycles. The third-order valence-corrected chi connectivity index (χ3v) is 4.55. The van der Waals surface area contributed by atoms with E-state index in [4.69, 9.17) is 5.73 Å². The summed E-state index contributed by atoms with van der Waals surface area (Å²) < 4.78 is 0. The van der Waals surface area contributed by atoms with Gasteiger partial charge in [-0.15, -0.1) is 12.4 Å². The van der Waals surface area contributed by atoms with Crippen LogP contribution in [-0.4, -0.2) is 35.7 Å². The van der Waals surface area contributed by atoms with Crippen molar-refractivity contribution in [3.05, 3.63) is 35.4 Å². The fourth-order valence-corrected chi connectivity index (χ4v) is 2.91. The Balaban J connectivity index is 0.00000288. The van der Waals surface area contributed by atoms with Gasteiger partial charge in [-0.25, -0.2) is 0 Å². The Labute approximate surface area is 151 Å². The topological polar surface area (TPSA) is 63.4 Å². The number of rotatable bonds is 7. The Kier molecular flexibility index (Phi) is 9.01. The number of nitrogens with zero attached hydrogens (tertiary/aromatic N) is 1. The predicted octanol–water partition coefficient (Wildman–Crippen LogP) is 3.36. The predicted molar refractivity (Wildman–Crippen MR) is 99.7 cm³/mol. The smallest absolute Gasteiger partial charge is 0.223 e. The zero-order valence-corrected chi connectivity index (χ0v) is 15.3. The molecular weight excluding hydrogens is 324 g/mol. The summed E-state index contributed by atoms with van der Waals surface area (Å²) in [6.07, 6.45) is 5.70. The zero-order valence-electron chi connectivity index (χ0n) is 14.5. The molecule has 0 radical (unpaired) electrons. The second-order valence-electron chi connectivity index (χ2n) is 6.44. The average molecular weight is 353 g/mol. The van der Waals surface area contributed by atoms with Crippen LogP contribution in [-0.2, 0) is 11.2 Å². The first-order valence-corrected chi connectivity index (χ1v) is 8.75. The van der Waals surface area contributed by atoms with E-state index >= 15 is 0 Å². The number of benzene rings is 1. The molecule has 0 saturated carbocycles. The number of piperidine rings is 1. The van der Waals surface area contributed by atoms with Gasteiger partial charge < -0.3 is 10.6 Å². The lowest BCUT2D eigenvalue weighted by Gasteiger charge is -2.30. The number of unbranched alkanes of at least 4 members (excludes halogenated alkanes) is 1. The number of hydrogen-bond donors (Lipinski definition) is 1. The van der Waals surface area contributed by atoms with Gasteiger partial charge in [-0.3, -0.25) is 9.59 Å². The first-order valence-electron chi connectivity index (χ1n) is 8.75. The number of nitrogens with two attached hydrogens (primary N) is 1. The lowest BCUT2D eigenvalue weighted by molar-refractivity contribution is -0.132. The van der Waals surface area contributed by atoms with E-state index in [9.17, 15) is 9.59 Å². The minimum Gasteiger partial charge on any atom is -0.343 e. The van der Waals surface area contributed by atoms with E-state index in [0.29, 0.717) is 12.0 Å². The van der Waals surface area contributed by atoms with Crippen LogP contribution in [0.3, 0.4) is 0 Å². The van der Waals surface area contributed by atoms with Crippen LogP contribution in [0.15, 0.2) is 24.3 Å². The molecule has 0 unspecified atom stereocenters. The minimum atomic E-state index is 0. The number of amides is 1. The van der Waals surface area contributed by atoms with E-state index in [2.05, 4.69) is 6.92 Å². The molecule has 1 aromatic rings. The molecule has 0 bridgehead atoms. The Bertz CT molecular complexity index is 523. The lowest BCUT2D eigenvalue weighted by atomic mass is 10.0. The minimum absolute atomic E-state index is 0. The van der Waals surface area contributed by atoms with E-state index in [1.807, 2.05) is 29.2 Å². The van der Waals surface area contributed by atoms with Crippen molar-refractivity contribution in [1.29, 1.82) is 0 Å². The van der Waals surface area contributed by atoms with Gasteiger partial charge in [0, 0.05) is 37.5 Å². The fraction of sp³-hybridized carbons (Fsp3) is 0.579. The van der Waals surface area contributed by atoms with Crippen LogP contribution < -0.4 is 5.73 Å². The number of hydrogen-bond acceptors (Lipinski definition) is 3. The quantitative estimate of drug-likeness (QED) is 0.765. The van der Waals surface area contributed by atoms with E-state index in [-0.39, 0.29) is 36.6 Å². The normalized spacial score (nSPS) is 15.0. The van der Waals surface area contributed by atoms with Gasteiger partial charge in [0.1, 0.15) is 0 Å². The van der Waals surface area contributed by atoms with Crippen molar-refractivity contribution >= 4 is 24.1 Å². The van der Waals surface area contributed by atoms with Crippen LogP contribution in [0.5, 0.6) is 0 Å². The molecule has 1 aliphatic rings. The van der Waals surface area contributed by atoms with Gasteiger partial charge in [0.05, 0.1) is 0 Å². The summed E-state index contributed by atoms with van der Waals surface area (Å²) in [7, 11) is 0. The number of aryl methyl sites for hydroxylation is 1. The molecule has 4 nitrogen and oxygen atoms in total. The second-order valence-corrected chi connectivity index (χ2v) is 6.44. The largest absolute Gasteiger partial charge is 0.343 e. The molecule has 2 rings (SSSR count). The zero-order chi connectivity index (χ0) is 16.7. The van der Waals surface area contributed by atoms with Crippen LogP contribution in [0.2, 0.25) is 0 Å². The number of halogens is 1. The standard InChI is InChI=1S/C19H28N2O2.ClH/c1-2-3-4-15-5-7-16(8-6-15)18(22)9-10-19(23)21-13-11-17(20)12-14-21;/h5-8,17H,2-4,9-14,20H2,1H3;1H. The van der Waals surface area contributed by atoms with Crippen LogP contribution in [0.25, 0.3) is 0 Å². The van der Waals surface area contributed by atoms with E-state index in [0.717, 1.165) is 32.4 Å². The summed E-state index contributed by atoms with van der Waals surface area (Å²) in [4.78, 5) is 26.2. The number of carbonyl (C=O) groups is 2. The van der Waals surface area contributed by atoms with Crippen molar-refractivity contribution in [2.75, 3.05) is 13.1 Å². The third-order valence-electron chi connectivity index (χ3n) is 4.55. The van der Waals surface area contributed by atoms with Gasteiger partial charge in [0.15, 0.2) is 5.78 Å². The fourth-order valence-electron chi connectivity index (χ4n) is 2.91. The highest BCUT2D eigenvalue weighted by atomic mass is 35.5. The molecule has 2 N–H and O–H groups in total. The van der Waals surface area contributed by atoms with Crippen molar-refractivity contribution in [2.24, 2.45) is 5.73 Å². The molecule has 24 heavy (non-hydrogen) atoms. The summed E-state index contributed by atoms with van der Waals surface area (Å²) in [6, 6.07) is 8.04. The van der Waals surface area contributed by atoms with Crippen molar-refractivity contribution in [3.8, 4) is 0 Å². The van der Waals surface area contributed by atoms with Gasteiger partial charge in [0.25, 0.3) is 0 Å². The van der Waals surface area contributed by atoms with Crippen molar-refractivity contribution in [1.82, 2.24) is 4.90 Å². The summed E-state index contributed by atoms with van der Waals surface area (Å²) in [6.45, 7) is 3.62. The van der Waals surface area contributed by atoms with Crippen molar-refractivity contribution < 1.29 is 9.59 Å². The monoisotopic (exact) mass is 352 g/mol. The van der Waals surface area contributed by atoms with Crippen LogP contribution in [0.4, 0.5) is 0 Å². The maximum atomic E-state index is 12.2. The molecule has 1 fully saturated rings. The number of likely N-dealkylation sites (tertiary alicyclic amines) is 1. The maximum Gasteiger partial charge on any atom is 0.223 e. The van der Waals surface area contributed by atoms with Gasteiger partial charge in [-0.1, -0.05) is 37.6 Å². The first kappa shape index (κ1) is 20.7. The molecule has 0 atom stereocenters. The number of Topliss-reactive ketones (excluding diaryl/α,β-unsaturated/α-hetero) is 1. The van der Waals surface area contributed by atoms with Crippen molar-refractivity contribution in [3.63, 3.8) is 0 Å². The third kappa shape index (κ3) is 6.25. The molecule has 0 spiro atoms. The summed E-state index contributed by atoms with van der Waals surface area (Å²) in [5, 5.41) is 0. The second kappa shape index (κ2) is 10.5. The van der Waals surface area contributed by atoms with Gasteiger partial charge in [-0.2, -0.15) is 0 Å². The molecule has 1 heterocycles. The number of carbonyl (C=O) groups excluding carboxylic acids is 2. The highest BCUT2D eigenvalue weighted by Gasteiger charge is 2.21. The molecular formula is C19H29ClN2O2. The van der Waals surface area contributed by atoms with Crippen LogP contribution >= 0.6 is 12.4 Å². The van der Waals surface area contributed by atoms with E-state index in [1.54, 1.807) is 0 Å². The molecule has 1 saturated heterocycles. The van der Waals surface area contributed by atoms with E-state index < -0.39 is 0 Å². The Morgan fingerprint density at radius 2 is 1.75 bits per heavy atom. The Hall–Kier alpha value is -1.39. The molecule has 1 aliphatic heterocycles. The Morgan fingerprint density at radius 3 is 2.33 bits per heavy atom. The molecule has 1 amide bonds. The first-order chi connectivity index (χ1) is 11.1. The maximum absolute atomic E-state index is 12.2. The van der Waals surface area contributed by atoms with Gasteiger partial charge >= 0.3 is 0 Å². The number of ketones is 1. The van der Waals surface area contributed by atoms with Crippen LogP contribution in [0, 0.1) is 0 Å². The van der Waals surface area contributed by atoms with Gasteiger partial charge in [0.2, 0.25) is 5.91 Å². The average Bonchev–Trinajstić information content (AvgIpc) is 2.58. The summed E-state index contributed by atoms with van der Waals surface area (Å²) in [5.74, 6) is 0.124. The van der Waals surface area contributed by atoms with E-state index in [1.165, 1.54) is 18.4 Å². The lowest BCUT2D eigenvalue weighted by Crippen LogP contribution is -2.42. The molecule has 134 valence electrons. The van der Waals surface area contributed by atoms with Gasteiger partial charge in [-0.05, 0) is 31.2 Å². The SMILES string of the molecule is CCCCc1ccc(C(=O)CCC(=O)N2CCC(N)CC2)cc1.Cl. The highest BCUT2D eigenvalue weighted by Crippen LogP contribution is 2.13. The van der Waals surface area contributed by atoms with Crippen LogP contribution in [0.1, 0.15) is 61.4 Å². The summed E-state index contributed by atoms with van der Waals surface area (Å²) in [5.41, 5.74) is 7.82. The molecule has 5 heteroatoms. The van der Waals surface area contributed by atoms with Crippen molar-refractivity contribution in [2.45, 2.75) is 57.9 Å². The Morgan fingerprint density at radius 1 is 1.12 bits per heavy atom. The molecule has 1 aromatic carbocycles.